The molecule has 12 heteroatoms. The number of carbonyl (C=O) groups excluding carboxylic acids is 4. The van der Waals surface area contributed by atoms with E-state index in [0.29, 0.717) is 11.1 Å². The number of hydrogen-bond acceptors (Lipinski definition) is 8. The summed E-state index contributed by atoms with van der Waals surface area (Å²) in [5.41, 5.74) is 1.01. The molecule has 2 rings (SSSR count). The van der Waals surface area contributed by atoms with Gasteiger partial charge in [-0.1, -0.05) is 42.5 Å². The number of nitrogens with one attached hydrogen (secondary N) is 3. The summed E-state index contributed by atoms with van der Waals surface area (Å²) in [6.07, 6.45) is -1.68. The summed E-state index contributed by atoms with van der Waals surface area (Å²) in [4.78, 5) is 59.4. The predicted molar refractivity (Wildman–Crippen MR) is 139 cm³/mol. The molecule has 0 fully saturated rings. The highest BCUT2D eigenvalue weighted by atomic mass is 16.7. The number of amides is 3. The number of carbonyl (C=O) groups is 5. The standard InChI is InChI=1S/C27H33N3O9/c1-27(2,3)39-26(36)30-21(15-18-7-5-4-6-8-18)24(34)37-17-38-25(35)29-16-19-9-11-20(12-10-19)23(33)28-14-13-22(31)32/h4-12,21H,13-17H2,1-3H3,(H,28,33)(H,29,35)(H,30,36)(H,31,32)/t21-/m0/s1. The van der Waals surface area contributed by atoms with E-state index in [9.17, 15) is 24.0 Å². The molecule has 0 aliphatic rings. The molecule has 0 aliphatic carbocycles. The molecule has 4 N–H and O–H groups in total. The third-order valence-electron chi connectivity index (χ3n) is 4.93. The zero-order chi connectivity index (χ0) is 28.8. The first-order valence-electron chi connectivity index (χ1n) is 12.1. The van der Waals surface area contributed by atoms with Gasteiger partial charge in [0.05, 0.1) is 6.42 Å². The van der Waals surface area contributed by atoms with Crippen molar-refractivity contribution in [3.63, 3.8) is 0 Å². The van der Waals surface area contributed by atoms with Crippen LogP contribution in [0.2, 0.25) is 0 Å². The molecule has 39 heavy (non-hydrogen) atoms. The van der Waals surface area contributed by atoms with E-state index in [4.69, 9.17) is 19.3 Å². The Bertz CT molecular complexity index is 1130. The molecule has 1 atom stereocenters. The number of esters is 1. The van der Waals surface area contributed by atoms with Crippen LogP contribution in [-0.4, -0.2) is 60.1 Å². The van der Waals surface area contributed by atoms with Crippen molar-refractivity contribution in [2.45, 2.75) is 51.8 Å². The Morgan fingerprint density at radius 1 is 0.846 bits per heavy atom. The van der Waals surface area contributed by atoms with Crippen molar-refractivity contribution < 1.29 is 43.3 Å². The molecule has 2 aromatic rings. The SMILES string of the molecule is CC(C)(C)OC(=O)N[C@@H](Cc1ccccc1)C(=O)OCOC(=O)NCc1ccc(C(=O)NCCC(=O)O)cc1. The zero-order valence-electron chi connectivity index (χ0n) is 22.0. The Balaban J connectivity index is 1.80. The summed E-state index contributed by atoms with van der Waals surface area (Å²) in [5.74, 6) is -2.23. The van der Waals surface area contributed by atoms with Crippen LogP contribution in [0.4, 0.5) is 9.59 Å². The minimum Gasteiger partial charge on any atom is -0.481 e. The molecule has 0 aliphatic heterocycles. The first-order valence-corrected chi connectivity index (χ1v) is 12.1. The minimum atomic E-state index is -1.08. The lowest BCUT2D eigenvalue weighted by Gasteiger charge is -2.23. The van der Waals surface area contributed by atoms with E-state index in [-0.39, 0.29) is 25.9 Å². The highest BCUT2D eigenvalue weighted by Gasteiger charge is 2.26. The summed E-state index contributed by atoms with van der Waals surface area (Å²) >= 11 is 0. The summed E-state index contributed by atoms with van der Waals surface area (Å²) in [7, 11) is 0. The van der Waals surface area contributed by atoms with Gasteiger partial charge in [0, 0.05) is 25.1 Å². The van der Waals surface area contributed by atoms with Gasteiger partial charge in [-0.25, -0.2) is 14.4 Å². The zero-order valence-corrected chi connectivity index (χ0v) is 22.0. The lowest BCUT2D eigenvalue weighted by Crippen LogP contribution is -2.45. The third-order valence-corrected chi connectivity index (χ3v) is 4.93. The van der Waals surface area contributed by atoms with Gasteiger partial charge >= 0.3 is 24.1 Å². The van der Waals surface area contributed by atoms with Crippen molar-refractivity contribution in [1.82, 2.24) is 16.0 Å². The predicted octanol–water partition coefficient (Wildman–Crippen LogP) is 2.75. The summed E-state index contributed by atoms with van der Waals surface area (Å²) in [6.45, 7) is 4.49. The number of ether oxygens (including phenoxy) is 3. The van der Waals surface area contributed by atoms with Crippen LogP contribution in [-0.2, 0) is 36.8 Å². The molecule has 2 aromatic carbocycles. The van der Waals surface area contributed by atoms with E-state index in [1.54, 1.807) is 57.2 Å². The smallest absolute Gasteiger partial charge is 0.410 e. The third kappa shape index (κ3) is 12.5. The monoisotopic (exact) mass is 543 g/mol. The van der Waals surface area contributed by atoms with Gasteiger partial charge in [-0.15, -0.1) is 0 Å². The minimum absolute atomic E-state index is 0.0119. The molecule has 0 unspecified atom stereocenters. The van der Waals surface area contributed by atoms with E-state index in [1.807, 2.05) is 6.07 Å². The lowest BCUT2D eigenvalue weighted by molar-refractivity contribution is -0.154. The molecule has 0 heterocycles. The van der Waals surface area contributed by atoms with Crippen LogP contribution >= 0.6 is 0 Å². The molecule has 0 saturated heterocycles. The van der Waals surface area contributed by atoms with Crippen molar-refractivity contribution in [2.75, 3.05) is 13.3 Å². The molecule has 0 radical (unpaired) electrons. The Labute approximate surface area is 226 Å². The van der Waals surface area contributed by atoms with Crippen molar-refractivity contribution in [1.29, 1.82) is 0 Å². The molecule has 3 amide bonds. The van der Waals surface area contributed by atoms with Gasteiger partial charge in [0.2, 0.25) is 6.79 Å². The fourth-order valence-electron chi connectivity index (χ4n) is 3.12. The Hall–Kier alpha value is -4.61. The van der Waals surface area contributed by atoms with Gasteiger partial charge in [0.25, 0.3) is 5.91 Å². The number of hydrogen-bond donors (Lipinski definition) is 4. The average Bonchev–Trinajstić information content (AvgIpc) is 2.86. The maximum Gasteiger partial charge on any atom is 0.410 e. The second-order valence-electron chi connectivity index (χ2n) is 9.35. The number of carboxylic acid groups (broad SMARTS) is 1. The number of carboxylic acids is 1. The highest BCUT2D eigenvalue weighted by molar-refractivity contribution is 5.94. The van der Waals surface area contributed by atoms with E-state index in [2.05, 4.69) is 16.0 Å². The second kappa shape index (κ2) is 15.0. The molecule has 210 valence electrons. The number of aliphatic carboxylic acids is 1. The Kier molecular flexibility index (Phi) is 11.7. The normalized spacial score (nSPS) is 11.5. The van der Waals surface area contributed by atoms with Crippen LogP contribution in [0.5, 0.6) is 0 Å². The van der Waals surface area contributed by atoms with E-state index in [0.717, 1.165) is 5.56 Å². The fraction of sp³-hybridized carbons (Fsp3) is 0.370. The Morgan fingerprint density at radius 2 is 1.51 bits per heavy atom. The fourth-order valence-corrected chi connectivity index (χ4v) is 3.12. The highest BCUT2D eigenvalue weighted by Crippen LogP contribution is 2.10. The van der Waals surface area contributed by atoms with Crippen molar-refractivity contribution in [3.8, 4) is 0 Å². The molecule has 0 bridgehead atoms. The van der Waals surface area contributed by atoms with E-state index in [1.165, 1.54) is 12.1 Å². The number of alkyl carbamates (subject to hydrolysis) is 2. The molecule has 12 nitrogen and oxygen atoms in total. The quantitative estimate of drug-likeness (QED) is 0.232. The van der Waals surface area contributed by atoms with Gasteiger partial charge in [0.15, 0.2) is 0 Å². The first-order chi connectivity index (χ1) is 18.4. The maximum absolute atomic E-state index is 12.6. The van der Waals surface area contributed by atoms with E-state index >= 15 is 0 Å². The lowest BCUT2D eigenvalue weighted by atomic mass is 10.1. The number of rotatable bonds is 12. The van der Waals surface area contributed by atoms with Gasteiger partial charge in [-0.05, 0) is 44.0 Å². The van der Waals surface area contributed by atoms with Gasteiger partial charge in [0.1, 0.15) is 11.6 Å². The van der Waals surface area contributed by atoms with Gasteiger partial charge in [-0.3, -0.25) is 9.59 Å². The van der Waals surface area contributed by atoms with Crippen molar-refractivity contribution in [2.24, 2.45) is 0 Å². The first kappa shape index (κ1) is 30.6. The maximum atomic E-state index is 12.6. The summed E-state index contributed by atoms with van der Waals surface area (Å²) in [6, 6.07) is 14.2. The molecular weight excluding hydrogens is 510 g/mol. The van der Waals surface area contributed by atoms with Gasteiger partial charge in [-0.2, -0.15) is 0 Å². The van der Waals surface area contributed by atoms with E-state index < -0.39 is 48.5 Å². The second-order valence-corrected chi connectivity index (χ2v) is 9.35. The summed E-state index contributed by atoms with van der Waals surface area (Å²) < 4.78 is 15.2. The Morgan fingerprint density at radius 3 is 2.13 bits per heavy atom. The van der Waals surface area contributed by atoms with Crippen LogP contribution in [0.1, 0.15) is 48.7 Å². The molecule has 0 aromatic heterocycles. The topological polar surface area (TPSA) is 169 Å². The van der Waals surface area contributed by atoms with Crippen LogP contribution in [0.15, 0.2) is 54.6 Å². The van der Waals surface area contributed by atoms with Crippen molar-refractivity contribution in [3.05, 3.63) is 71.3 Å². The average molecular weight is 544 g/mol. The molecule has 0 saturated carbocycles. The van der Waals surface area contributed by atoms with Gasteiger partial charge < -0.3 is 35.3 Å². The van der Waals surface area contributed by atoms with Crippen LogP contribution < -0.4 is 16.0 Å². The summed E-state index contributed by atoms with van der Waals surface area (Å²) in [5, 5.41) is 16.1. The van der Waals surface area contributed by atoms with Crippen molar-refractivity contribution >= 4 is 30.0 Å². The molecular formula is C27H33N3O9. The number of benzene rings is 2. The van der Waals surface area contributed by atoms with Crippen LogP contribution in [0, 0.1) is 0 Å². The van der Waals surface area contributed by atoms with Crippen LogP contribution in [0.25, 0.3) is 0 Å². The largest absolute Gasteiger partial charge is 0.481 e. The van der Waals surface area contributed by atoms with Crippen LogP contribution in [0.3, 0.4) is 0 Å². The molecule has 0 spiro atoms.